The van der Waals surface area contributed by atoms with Crippen molar-refractivity contribution in [2.75, 3.05) is 18.5 Å². The van der Waals surface area contributed by atoms with E-state index in [4.69, 9.17) is 14.6 Å². The highest BCUT2D eigenvalue weighted by atomic mass is 32.2. The molecule has 0 radical (unpaired) electrons. The molecular formula is C21H26N2O5S. The third-order valence-electron chi connectivity index (χ3n) is 3.90. The highest BCUT2D eigenvalue weighted by molar-refractivity contribution is 7.89. The number of rotatable bonds is 10. The fourth-order valence-corrected chi connectivity index (χ4v) is 2.94. The van der Waals surface area contributed by atoms with Crippen molar-refractivity contribution in [3.63, 3.8) is 0 Å². The molecular weight excluding hydrogens is 392 g/mol. The number of nitrogens with two attached hydrogens (primary N) is 1. The molecule has 0 saturated carbocycles. The third kappa shape index (κ3) is 7.24. The normalized spacial score (nSPS) is 11.4. The van der Waals surface area contributed by atoms with E-state index in [0.717, 1.165) is 18.4 Å². The Morgan fingerprint density at radius 3 is 2.41 bits per heavy atom. The van der Waals surface area contributed by atoms with E-state index in [1.165, 1.54) is 30.3 Å². The summed E-state index contributed by atoms with van der Waals surface area (Å²) in [5.74, 6) is 0.955. The van der Waals surface area contributed by atoms with Gasteiger partial charge in [-0.2, -0.15) is 0 Å². The number of ether oxygens (including phenoxy) is 2. The lowest BCUT2D eigenvalue weighted by Crippen LogP contribution is -2.12. The second-order valence-corrected chi connectivity index (χ2v) is 7.79. The molecule has 1 amide bonds. The maximum atomic E-state index is 12.1. The second-order valence-electron chi connectivity index (χ2n) is 6.23. The van der Waals surface area contributed by atoms with Crippen LogP contribution in [0.25, 0.3) is 6.08 Å². The Hall–Kier alpha value is -2.84. The minimum absolute atomic E-state index is 0.0178. The van der Waals surface area contributed by atoms with E-state index in [9.17, 15) is 13.2 Å². The fraction of sp³-hybridized carbons (Fsp3) is 0.286. The largest absolute Gasteiger partial charge is 0.490 e. The van der Waals surface area contributed by atoms with Crippen LogP contribution < -0.4 is 19.9 Å². The van der Waals surface area contributed by atoms with E-state index in [0.29, 0.717) is 30.4 Å². The quantitative estimate of drug-likeness (QED) is 0.453. The Bertz CT molecular complexity index is 954. The number of sulfonamides is 1. The summed E-state index contributed by atoms with van der Waals surface area (Å²) in [6.07, 6.45) is 5.05. The maximum Gasteiger partial charge on any atom is 0.248 e. The van der Waals surface area contributed by atoms with Crippen molar-refractivity contribution >= 4 is 27.7 Å². The van der Waals surface area contributed by atoms with Crippen molar-refractivity contribution < 1.29 is 22.7 Å². The molecule has 3 N–H and O–H groups in total. The summed E-state index contributed by atoms with van der Waals surface area (Å²) in [5, 5.41) is 7.71. The number of primary sulfonamides is 1. The average Bonchev–Trinajstić information content (AvgIpc) is 2.68. The molecule has 2 aromatic rings. The molecule has 0 fully saturated rings. The lowest BCUT2D eigenvalue weighted by Gasteiger charge is -2.12. The van der Waals surface area contributed by atoms with Crippen molar-refractivity contribution in [3.8, 4) is 11.5 Å². The summed E-state index contributed by atoms with van der Waals surface area (Å²) in [6.45, 7) is 5.12. The van der Waals surface area contributed by atoms with Crippen LogP contribution in [-0.2, 0) is 14.8 Å². The van der Waals surface area contributed by atoms with Gasteiger partial charge in [-0.25, -0.2) is 13.6 Å². The van der Waals surface area contributed by atoms with Gasteiger partial charge >= 0.3 is 0 Å². The summed E-state index contributed by atoms with van der Waals surface area (Å²) in [5.41, 5.74) is 1.25. The molecule has 0 aliphatic rings. The highest BCUT2D eigenvalue weighted by Gasteiger charge is 2.08. The van der Waals surface area contributed by atoms with Gasteiger partial charge in [0.15, 0.2) is 11.5 Å². The maximum absolute atomic E-state index is 12.1. The number of carbonyl (C=O) groups is 1. The smallest absolute Gasteiger partial charge is 0.248 e. The van der Waals surface area contributed by atoms with Crippen molar-refractivity contribution in [2.24, 2.45) is 5.14 Å². The van der Waals surface area contributed by atoms with Crippen LogP contribution in [0, 0.1) is 0 Å². The van der Waals surface area contributed by atoms with Gasteiger partial charge in [0, 0.05) is 11.8 Å². The number of carbonyl (C=O) groups excluding carboxylic acids is 1. The van der Waals surface area contributed by atoms with Gasteiger partial charge in [0.05, 0.1) is 18.1 Å². The molecule has 0 heterocycles. The molecule has 0 bridgehead atoms. The minimum atomic E-state index is -3.76. The summed E-state index contributed by atoms with van der Waals surface area (Å²) in [7, 11) is -3.76. The lowest BCUT2D eigenvalue weighted by molar-refractivity contribution is -0.111. The van der Waals surface area contributed by atoms with Crippen molar-refractivity contribution in [2.45, 2.75) is 31.6 Å². The molecule has 2 aromatic carbocycles. The first-order valence-electron chi connectivity index (χ1n) is 9.35. The Balaban J connectivity index is 2.04. The second kappa shape index (κ2) is 10.6. The molecule has 7 nitrogen and oxygen atoms in total. The number of benzene rings is 2. The molecule has 8 heteroatoms. The summed E-state index contributed by atoms with van der Waals surface area (Å²) in [4.78, 5) is 12.1. The highest BCUT2D eigenvalue weighted by Crippen LogP contribution is 2.29. The van der Waals surface area contributed by atoms with Crippen LogP contribution in [0.3, 0.4) is 0 Å². The van der Waals surface area contributed by atoms with Crippen LogP contribution >= 0.6 is 0 Å². The van der Waals surface area contributed by atoms with Crippen LogP contribution in [0.4, 0.5) is 5.69 Å². The Kier molecular flexibility index (Phi) is 8.23. The predicted octanol–water partition coefficient (Wildman–Crippen LogP) is 3.56. The number of hydrogen-bond acceptors (Lipinski definition) is 5. The summed E-state index contributed by atoms with van der Waals surface area (Å²) in [6, 6.07) is 11.1. The van der Waals surface area contributed by atoms with Crippen LogP contribution in [-0.4, -0.2) is 27.5 Å². The number of amides is 1. The molecule has 0 aliphatic carbocycles. The molecule has 0 spiro atoms. The van der Waals surface area contributed by atoms with E-state index in [-0.39, 0.29) is 10.8 Å². The Morgan fingerprint density at radius 2 is 1.79 bits per heavy atom. The SMILES string of the molecule is CCCCOc1ccc(/C=C/C(=O)Nc2ccc(S(N)(=O)=O)cc2)cc1OCC. The first kappa shape index (κ1) is 22.4. The van der Waals surface area contributed by atoms with Gasteiger partial charge in [0.25, 0.3) is 0 Å². The molecule has 0 aliphatic heterocycles. The summed E-state index contributed by atoms with van der Waals surface area (Å²) >= 11 is 0. The van der Waals surface area contributed by atoms with Crippen molar-refractivity contribution in [1.82, 2.24) is 0 Å². The topological polar surface area (TPSA) is 108 Å². The minimum Gasteiger partial charge on any atom is -0.490 e. The van der Waals surface area contributed by atoms with Gasteiger partial charge in [-0.3, -0.25) is 4.79 Å². The van der Waals surface area contributed by atoms with Crippen molar-refractivity contribution in [1.29, 1.82) is 0 Å². The van der Waals surface area contributed by atoms with Crippen LogP contribution in [0.15, 0.2) is 53.4 Å². The summed E-state index contributed by atoms with van der Waals surface area (Å²) < 4.78 is 33.9. The molecule has 156 valence electrons. The Labute approximate surface area is 171 Å². The van der Waals surface area contributed by atoms with Crippen molar-refractivity contribution in [3.05, 3.63) is 54.1 Å². The molecule has 0 saturated heterocycles. The van der Waals surface area contributed by atoms with E-state index in [2.05, 4.69) is 12.2 Å². The van der Waals surface area contributed by atoms with Gasteiger partial charge in [0.1, 0.15) is 0 Å². The first-order chi connectivity index (χ1) is 13.8. The molecule has 0 atom stereocenters. The van der Waals surface area contributed by atoms with E-state index in [1.807, 2.05) is 25.1 Å². The van der Waals surface area contributed by atoms with Crippen LogP contribution in [0.5, 0.6) is 11.5 Å². The van der Waals surface area contributed by atoms with E-state index >= 15 is 0 Å². The predicted molar refractivity (Wildman–Crippen MR) is 113 cm³/mol. The van der Waals surface area contributed by atoms with Gasteiger partial charge in [-0.05, 0) is 61.4 Å². The number of nitrogens with one attached hydrogen (secondary N) is 1. The monoisotopic (exact) mass is 418 g/mol. The van der Waals surface area contributed by atoms with Gasteiger partial charge < -0.3 is 14.8 Å². The Morgan fingerprint density at radius 1 is 1.07 bits per heavy atom. The third-order valence-corrected chi connectivity index (χ3v) is 4.83. The zero-order valence-electron chi connectivity index (χ0n) is 16.6. The first-order valence-corrected chi connectivity index (χ1v) is 10.9. The van der Waals surface area contributed by atoms with Gasteiger partial charge in [0.2, 0.25) is 15.9 Å². The number of hydrogen-bond donors (Lipinski definition) is 2. The van der Waals surface area contributed by atoms with Gasteiger partial charge in [-0.15, -0.1) is 0 Å². The van der Waals surface area contributed by atoms with Crippen LogP contribution in [0.1, 0.15) is 32.3 Å². The lowest BCUT2D eigenvalue weighted by atomic mass is 10.2. The fourth-order valence-electron chi connectivity index (χ4n) is 2.43. The molecule has 2 rings (SSSR count). The van der Waals surface area contributed by atoms with E-state index < -0.39 is 10.0 Å². The standard InChI is InChI=1S/C21H26N2O5S/c1-3-5-14-28-19-12-6-16(15-20(19)27-4-2)7-13-21(24)23-17-8-10-18(11-9-17)29(22,25)26/h6-13,15H,3-5,14H2,1-2H3,(H,23,24)(H2,22,25,26)/b13-7+. The van der Waals surface area contributed by atoms with Crippen LogP contribution in [0.2, 0.25) is 0 Å². The number of unbranched alkanes of at least 4 members (excludes halogenated alkanes) is 1. The molecule has 0 aromatic heterocycles. The molecule has 0 unspecified atom stereocenters. The zero-order valence-corrected chi connectivity index (χ0v) is 17.4. The number of anilines is 1. The zero-order chi connectivity index (χ0) is 21.3. The van der Waals surface area contributed by atoms with E-state index in [1.54, 1.807) is 6.08 Å². The van der Waals surface area contributed by atoms with Gasteiger partial charge in [-0.1, -0.05) is 19.4 Å². The molecule has 29 heavy (non-hydrogen) atoms. The average molecular weight is 419 g/mol.